The van der Waals surface area contributed by atoms with Crippen molar-refractivity contribution >= 4 is 28.2 Å². The van der Waals surface area contributed by atoms with E-state index in [1.165, 1.54) is 5.56 Å². The van der Waals surface area contributed by atoms with E-state index in [0.717, 1.165) is 54.0 Å². The molecule has 2 aromatic carbocycles. The highest BCUT2D eigenvalue weighted by molar-refractivity contribution is 6.30. The molecule has 0 unspecified atom stereocenters. The molecule has 0 bridgehead atoms. The lowest BCUT2D eigenvalue weighted by Gasteiger charge is -2.33. The molecule has 3 heterocycles. The van der Waals surface area contributed by atoms with Crippen molar-refractivity contribution in [1.82, 2.24) is 14.5 Å². The van der Waals surface area contributed by atoms with Gasteiger partial charge in [-0.15, -0.1) is 0 Å². The molecule has 1 saturated heterocycles. The number of aromatic nitrogens is 2. The molecule has 0 saturated carbocycles. The van der Waals surface area contributed by atoms with Gasteiger partial charge in [0.2, 0.25) is 0 Å². The Bertz CT molecular complexity index is 1280. The van der Waals surface area contributed by atoms with Gasteiger partial charge < -0.3 is 9.88 Å². The van der Waals surface area contributed by atoms with Gasteiger partial charge in [0.15, 0.2) is 0 Å². The van der Waals surface area contributed by atoms with Crippen LogP contribution in [0.1, 0.15) is 24.0 Å². The summed E-state index contributed by atoms with van der Waals surface area (Å²) < 4.78 is 1.86. The fourth-order valence-electron chi connectivity index (χ4n) is 4.56. The molecule has 0 radical (unpaired) electrons. The molecule has 5 rings (SSSR count). The van der Waals surface area contributed by atoms with Crippen LogP contribution in [0.2, 0.25) is 5.02 Å². The summed E-state index contributed by atoms with van der Waals surface area (Å²) in [7, 11) is 0. The summed E-state index contributed by atoms with van der Waals surface area (Å²) >= 11 is 6.00. The second kappa shape index (κ2) is 9.77. The van der Waals surface area contributed by atoms with Crippen molar-refractivity contribution in [2.75, 3.05) is 18.4 Å². The number of piperidine rings is 1. The number of nitrogens with zero attached hydrogens (tertiary/aromatic N) is 3. The first kappa shape index (κ1) is 21.7. The Morgan fingerprint density at radius 2 is 1.61 bits per heavy atom. The molecule has 0 spiro atoms. The molecule has 2 aromatic heterocycles. The normalized spacial score (nSPS) is 15.1. The minimum atomic E-state index is 0.0223. The average molecular weight is 459 g/mol. The first-order valence-corrected chi connectivity index (χ1v) is 11.8. The molecule has 6 heteroatoms. The predicted molar refractivity (Wildman–Crippen MR) is 135 cm³/mol. The van der Waals surface area contributed by atoms with Crippen molar-refractivity contribution in [1.29, 1.82) is 0 Å². The number of benzene rings is 2. The maximum atomic E-state index is 13.5. The lowest BCUT2D eigenvalue weighted by atomic mass is 10.0. The molecular formula is C27H27ClN4O. The third kappa shape index (κ3) is 5.10. The Labute approximate surface area is 198 Å². The van der Waals surface area contributed by atoms with Crippen LogP contribution in [0.3, 0.4) is 0 Å². The van der Waals surface area contributed by atoms with Crippen LogP contribution in [0, 0.1) is 0 Å². The second-order valence-electron chi connectivity index (χ2n) is 8.68. The van der Waals surface area contributed by atoms with Gasteiger partial charge in [-0.25, -0.2) is 0 Å². The summed E-state index contributed by atoms with van der Waals surface area (Å²) in [5, 5.41) is 5.40. The van der Waals surface area contributed by atoms with Crippen LogP contribution in [0.15, 0.2) is 83.9 Å². The monoisotopic (exact) mass is 458 g/mol. The molecular weight excluding hydrogens is 432 g/mol. The van der Waals surface area contributed by atoms with Crippen LogP contribution in [-0.2, 0) is 13.1 Å². The van der Waals surface area contributed by atoms with Gasteiger partial charge in [0.25, 0.3) is 5.56 Å². The Kier molecular flexibility index (Phi) is 6.42. The van der Waals surface area contributed by atoms with Crippen molar-refractivity contribution < 1.29 is 0 Å². The number of fused-ring (bicyclic) bond motifs is 1. The summed E-state index contributed by atoms with van der Waals surface area (Å²) in [6.07, 6.45) is 5.54. The maximum absolute atomic E-state index is 13.5. The van der Waals surface area contributed by atoms with E-state index in [-0.39, 0.29) is 11.6 Å². The van der Waals surface area contributed by atoms with Crippen molar-refractivity contribution in [3.63, 3.8) is 0 Å². The van der Waals surface area contributed by atoms with Crippen LogP contribution < -0.4 is 10.9 Å². The number of pyridine rings is 2. The van der Waals surface area contributed by atoms with Crippen molar-refractivity contribution in [2.45, 2.75) is 32.0 Å². The van der Waals surface area contributed by atoms with E-state index in [0.29, 0.717) is 12.2 Å². The number of hydrogen-bond acceptors (Lipinski definition) is 4. The molecule has 1 fully saturated rings. The number of hydrogen-bond donors (Lipinski definition) is 1. The number of anilines is 1. The van der Waals surface area contributed by atoms with Crippen LogP contribution in [0.4, 0.5) is 5.69 Å². The van der Waals surface area contributed by atoms with E-state index in [1.54, 1.807) is 12.4 Å². The Balaban J connectivity index is 1.31. The summed E-state index contributed by atoms with van der Waals surface area (Å²) in [6, 6.07) is 22.3. The second-order valence-corrected chi connectivity index (χ2v) is 9.12. The molecule has 0 atom stereocenters. The molecule has 168 valence electrons. The van der Waals surface area contributed by atoms with E-state index in [2.05, 4.69) is 33.4 Å². The van der Waals surface area contributed by atoms with E-state index in [1.807, 2.05) is 53.1 Å². The lowest BCUT2D eigenvalue weighted by Crippen LogP contribution is -2.40. The van der Waals surface area contributed by atoms with E-state index >= 15 is 0 Å². The zero-order chi connectivity index (χ0) is 22.6. The van der Waals surface area contributed by atoms with Gasteiger partial charge in [-0.2, -0.15) is 0 Å². The van der Waals surface area contributed by atoms with Crippen molar-refractivity contribution in [3.05, 3.63) is 106 Å². The first-order valence-electron chi connectivity index (χ1n) is 11.4. The molecule has 0 aliphatic carbocycles. The molecule has 1 N–H and O–H groups in total. The summed E-state index contributed by atoms with van der Waals surface area (Å²) in [4.78, 5) is 20.0. The number of halogens is 1. The smallest absolute Gasteiger partial charge is 0.274 e. The standard InChI is InChI=1S/C27H27ClN4O/c28-23-7-5-20(6-8-23)18-31-15-11-24(12-16-31)30-25-17-22-3-1-2-4-26(22)32(27(25)33)19-21-9-13-29-14-10-21/h1-10,13-14,17,24,30H,11-12,15-16,18-19H2. The molecule has 33 heavy (non-hydrogen) atoms. The van der Waals surface area contributed by atoms with Crippen molar-refractivity contribution in [2.24, 2.45) is 0 Å². The fraction of sp³-hybridized carbons (Fsp3) is 0.259. The minimum Gasteiger partial charge on any atom is -0.378 e. The largest absolute Gasteiger partial charge is 0.378 e. The number of para-hydroxylation sites is 1. The Morgan fingerprint density at radius 3 is 2.36 bits per heavy atom. The zero-order valence-corrected chi connectivity index (χ0v) is 19.2. The SMILES string of the molecule is O=c1c(NC2CCN(Cc3ccc(Cl)cc3)CC2)cc2ccccc2n1Cc1ccncc1. The third-order valence-corrected chi connectivity index (χ3v) is 6.61. The summed E-state index contributed by atoms with van der Waals surface area (Å²) in [6.45, 7) is 3.45. The highest BCUT2D eigenvalue weighted by Crippen LogP contribution is 2.21. The van der Waals surface area contributed by atoms with Gasteiger partial charge >= 0.3 is 0 Å². The maximum Gasteiger partial charge on any atom is 0.274 e. The van der Waals surface area contributed by atoms with E-state index in [9.17, 15) is 4.79 Å². The lowest BCUT2D eigenvalue weighted by molar-refractivity contribution is 0.211. The van der Waals surface area contributed by atoms with Gasteiger partial charge in [-0.3, -0.25) is 14.7 Å². The number of rotatable bonds is 6. The van der Waals surface area contributed by atoms with E-state index in [4.69, 9.17) is 11.6 Å². The van der Waals surface area contributed by atoms with Crippen LogP contribution in [-0.4, -0.2) is 33.6 Å². The van der Waals surface area contributed by atoms with Crippen LogP contribution in [0.25, 0.3) is 10.9 Å². The molecule has 1 aliphatic heterocycles. The van der Waals surface area contributed by atoms with Gasteiger partial charge in [0.05, 0.1) is 12.1 Å². The zero-order valence-electron chi connectivity index (χ0n) is 18.5. The Morgan fingerprint density at radius 1 is 0.909 bits per heavy atom. The molecule has 4 aromatic rings. The number of likely N-dealkylation sites (tertiary alicyclic amines) is 1. The van der Waals surface area contributed by atoms with Crippen molar-refractivity contribution in [3.8, 4) is 0 Å². The molecule has 1 aliphatic rings. The van der Waals surface area contributed by atoms with Gasteiger partial charge in [-0.1, -0.05) is 41.9 Å². The van der Waals surface area contributed by atoms with E-state index < -0.39 is 0 Å². The van der Waals surface area contributed by atoms with Gasteiger partial charge in [-0.05, 0) is 60.4 Å². The first-order chi connectivity index (χ1) is 16.2. The Hall–Kier alpha value is -3.15. The highest BCUT2D eigenvalue weighted by Gasteiger charge is 2.21. The highest BCUT2D eigenvalue weighted by atomic mass is 35.5. The molecule has 0 amide bonds. The summed E-state index contributed by atoms with van der Waals surface area (Å²) in [5.74, 6) is 0. The quantitative estimate of drug-likeness (QED) is 0.433. The van der Waals surface area contributed by atoms with Crippen LogP contribution >= 0.6 is 11.6 Å². The van der Waals surface area contributed by atoms with Gasteiger partial charge in [0.1, 0.15) is 5.69 Å². The molecule has 5 nitrogen and oxygen atoms in total. The third-order valence-electron chi connectivity index (χ3n) is 6.36. The summed E-state index contributed by atoms with van der Waals surface area (Å²) in [5.41, 5.74) is 3.99. The van der Waals surface area contributed by atoms with Gasteiger partial charge in [0, 0.05) is 48.5 Å². The topological polar surface area (TPSA) is 50.2 Å². The average Bonchev–Trinajstić information content (AvgIpc) is 2.85. The van der Waals surface area contributed by atoms with Crippen LogP contribution in [0.5, 0.6) is 0 Å². The fourth-order valence-corrected chi connectivity index (χ4v) is 4.69. The predicted octanol–water partition coefficient (Wildman–Crippen LogP) is 5.17. The minimum absolute atomic E-state index is 0.0223. The number of nitrogens with one attached hydrogen (secondary N) is 1.